The van der Waals surface area contributed by atoms with Gasteiger partial charge in [0.2, 0.25) is 0 Å². The fourth-order valence-electron chi connectivity index (χ4n) is 1.42. The summed E-state index contributed by atoms with van der Waals surface area (Å²) < 4.78 is 0. The highest BCUT2D eigenvalue weighted by molar-refractivity contribution is 14.0. The molecule has 0 aromatic carbocycles. The zero-order chi connectivity index (χ0) is 13.3. The van der Waals surface area contributed by atoms with Gasteiger partial charge in [0.1, 0.15) is 0 Å². The molecule has 2 N–H and O–H groups in total. The normalized spacial score (nSPS) is 13.8. The molecule has 0 amide bonds. The molecule has 0 bridgehead atoms. The third-order valence-corrected chi connectivity index (χ3v) is 3.15. The topological polar surface area (TPSA) is 36.4 Å². The van der Waals surface area contributed by atoms with Gasteiger partial charge in [0.15, 0.2) is 5.96 Å². The Morgan fingerprint density at radius 3 is 2.39 bits per heavy atom. The Morgan fingerprint density at radius 1 is 1.33 bits per heavy atom. The number of hydrogen-bond acceptors (Lipinski definition) is 2. The molecule has 18 heavy (non-hydrogen) atoms. The van der Waals surface area contributed by atoms with Crippen molar-refractivity contribution in [1.29, 1.82) is 0 Å². The van der Waals surface area contributed by atoms with E-state index >= 15 is 0 Å². The van der Waals surface area contributed by atoms with Crippen molar-refractivity contribution in [1.82, 2.24) is 10.6 Å². The van der Waals surface area contributed by atoms with E-state index in [0.717, 1.165) is 18.3 Å². The number of halogens is 1. The predicted molar refractivity (Wildman–Crippen MR) is 96.4 cm³/mol. The first-order chi connectivity index (χ1) is 7.89. The molecule has 3 nitrogen and oxygen atoms in total. The lowest BCUT2D eigenvalue weighted by atomic mass is 9.89. The Balaban J connectivity index is 0. The maximum atomic E-state index is 4.23. The quantitative estimate of drug-likeness (QED) is 0.318. The Labute approximate surface area is 134 Å². The van der Waals surface area contributed by atoms with E-state index in [-0.39, 0.29) is 24.0 Å². The van der Waals surface area contributed by atoms with Crippen LogP contribution in [0.25, 0.3) is 0 Å². The van der Waals surface area contributed by atoms with Crippen molar-refractivity contribution in [2.75, 3.05) is 25.6 Å². The van der Waals surface area contributed by atoms with Gasteiger partial charge in [-0.2, -0.15) is 11.8 Å². The molecule has 0 radical (unpaired) electrons. The van der Waals surface area contributed by atoms with Gasteiger partial charge < -0.3 is 10.6 Å². The van der Waals surface area contributed by atoms with Crippen LogP contribution in [-0.2, 0) is 0 Å². The highest BCUT2D eigenvalue weighted by Gasteiger charge is 2.13. The van der Waals surface area contributed by atoms with Crippen molar-refractivity contribution < 1.29 is 0 Å². The molecule has 0 fully saturated rings. The van der Waals surface area contributed by atoms with Gasteiger partial charge in [0, 0.05) is 25.4 Å². The van der Waals surface area contributed by atoms with E-state index in [2.05, 4.69) is 49.6 Å². The minimum absolute atomic E-state index is 0. The Hall–Kier alpha value is 0.350. The summed E-state index contributed by atoms with van der Waals surface area (Å²) in [5.41, 5.74) is 0.408. The van der Waals surface area contributed by atoms with Crippen LogP contribution in [0.15, 0.2) is 4.99 Å². The van der Waals surface area contributed by atoms with Crippen LogP contribution in [0.5, 0.6) is 0 Å². The van der Waals surface area contributed by atoms with E-state index in [1.807, 2.05) is 18.8 Å². The molecule has 0 rings (SSSR count). The summed E-state index contributed by atoms with van der Waals surface area (Å²) in [7, 11) is 1.82. The molecule has 0 aromatic rings. The fourth-order valence-corrected chi connectivity index (χ4v) is 1.73. The average molecular weight is 387 g/mol. The fraction of sp³-hybridized carbons (Fsp3) is 0.923. The second-order valence-electron chi connectivity index (χ2n) is 5.64. The third-order valence-electron chi connectivity index (χ3n) is 2.53. The van der Waals surface area contributed by atoms with Gasteiger partial charge in [-0.05, 0) is 31.4 Å². The summed E-state index contributed by atoms with van der Waals surface area (Å²) in [5.74, 6) is 2.03. The molecular weight excluding hydrogens is 357 g/mol. The van der Waals surface area contributed by atoms with Gasteiger partial charge in [0.25, 0.3) is 0 Å². The summed E-state index contributed by atoms with van der Waals surface area (Å²) in [6.45, 7) is 10.0. The monoisotopic (exact) mass is 387 g/mol. The predicted octanol–water partition coefficient (Wildman–Crippen LogP) is 3.35. The van der Waals surface area contributed by atoms with Gasteiger partial charge in [-0.15, -0.1) is 24.0 Å². The molecule has 1 unspecified atom stereocenters. The molecule has 5 heteroatoms. The van der Waals surface area contributed by atoms with Crippen molar-refractivity contribution in [3.05, 3.63) is 0 Å². The smallest absolute Gasteiger partial charge is 0.191 e. The molecule has 0 aromatic heterocycles. The first-order valence-electron chi connectivity index (χ1n) is 6.35. The van der Waals surface area contributed by atoms with E-state index in [1.54, 1.807) is 0 Å². The molecule has 1 atom stereocenters. The summed E-state index contributed by atoms with van der Waals surface area (Å²) in [4.78, 5) is 4.23. The molecule has 0 aliphatic heterocycles. The van der Waals surface area contributed by atoms with Gasteiger partial charge in [0.05, 0.1) is 0 Å². The van der Waals surface area contributed by atoms with Gasteiger partial charge in [-0.1, -0.05) is 20.8 Å². The number of thioether (sulfide) groups is 1. The zero-order valence-electron chi connectivity index (χ0n) is 12.7. The minimum atomic E-state index is 0. The van der Waals surface area contributed by atoms with Crippen molar-refractivity contribution in [2.45, 2.75) is 46.6 Å². The minimum Gasteiger partial charge on any atom is -0.356 e. The Morgan fingerprint density at radius 2 is 1.94 bits per heavy atom. The molecule has 0 aliphatic carbocycles. The third kappa shape index (κ3) is 12.8. The van der Waals surface area contributed by atoms with Crippen LogP contribution in [0.4, 0.5) is 0 Å². The van der Waals surface area contributed by atoms with Crippen molar-refractivity contribution >= 4 is 41.7 Å². The van der Waals surface area contributed by atoms with E-state index in [4.69, 9.17) is 0 Å². The van der Waals surface area contributed by atoms with Crippen LogP contribution in [0.1, 0.15) is 40.5 Å². The molecule has 0 aliphatic rings. The SMILES string of the molecule is CN=C(NCCSC)NC(C)CCC(C)(C)C.I. The molecular formula is C13H30IN3S. The van der Waals surface area contributed by atoms with Crippen LogP contribution in [-0.4, -0.2) is 37.6 Å². The number of hydrogen-bond donors (Lipinski definition) is 2. The second kappa shape index (κ2) is 11.2. The van der Waals surface area contributed by atoms with Crippen LogP contribution in [0.3, 0.4) is 0 Å². The summed E-state index contributed by atoms with van der Waals surface area (Å²) in [5, 5.41) is 6.74. The Kier molecular flexibility index (Phi) is 12.9. The molecule has 110 valence electrons. The van der Waals surface area contributed by atoms with Crippen molar-refractivity contribution in [2.24, 2.45) is 10.4 Å². The van der Waals surface area contributed by atoms with Gasteiger partial charge in [-0.25, -0.2) is 0 Å². The van der Waals surface area contributed by atoms with Crippen LogP contribution < -0.4 is 10.6 Å². The van der Waals surface area contributed by atoms with Crippen LogP contribution >= 0.6 is 35.7 Å². The number of guanidine groups is 1. The van der Waals surface area contributed by atoms with E-state index in [0.29, 0.717) is 11.5 Å². The Bertz CT molecular complexity index is 227. The van der Waals surface area contributed by atoms with Gasteiger partial charge >= 0.3 is 0 Å². The molecule has 0 saturated heterocycles. The zero-order valence-corrected chi connectivity index (χ0v) is 15.8. The lowest BCUT2D eigenvalue weighted by Crippen LogP contribution is -2.43. The maximum Gasteiger partial charge on any atom is 0.191 e. The number of nitrogens with zero attached hydrogens (tertiary/aromatic N) is 1. The van der Waals surface area contributed by atoms with Crippen molar-refractivity contribution in [3.8, 4) is 0 Å². The van der Waals surface area contributed by atoms with E-state index < -0.39 is 0 Å². The first kappa shape index (κ1) is 20.7. The summed E-state index contributed by atoms with van der Waals surface area (Å²) >= 11 is 1.84. The largest absolute Gasteiger partial charge is 0.356 e. The first-order valence-corrected chi connectivity index (χ1v) is 7.74. The molecule has 0 spiro atoms. The summed E-state index contributed by atoms with van der Waals surface area (Å²) in [6, 6.07) is 0.467. The molecule has 0 heterocycles. The second-order valence-corrected chi connectivity index (χ2v) is 6.62. The number of nitrogens with one attached hydrogen (secondary N) is 2. The number of aliphatic imine (C=N–C) groups is 1. The van der Waals surface area contributed by atoms with E-state index in [9.17, 15) is 0 Å². The highest BCUT2D eigenvalue weighted by atomic mass is 127. The van der Waals surface area contributed by atoms with Crippen LogP contribution in [0.2, 0.25) is 0 Å². The lowest BCUT2D eigenvalue weighted by Gasteiger charge is -2.23. The van der Waals surface area contributed by atoms with Crippen molar-refractivity contribution in [3.63, 3.8) is 0 Å². The maximum absolute atomic E-state index is 4.23. The highest BCUT2D eigenvalue weighted by Crippen LogP contribution is 2.21. The van der Waals surface area contributed by atoms with Gasteiger partial charge in [-0.3, -0.25) is 4.99 Å². The van der Waals surface area contributed by atoms with E-state index in [1.165, 1.54) is 12.8 Å². The molecule has 0 saturated carbocycles. The average Bonchev–Trinajstić information content (AvgIpc) is 2.24. The summed E-state index contributed by atoms with van der Waals surface area (Å²) in [6.07, 6.45) is 4.51. The number of rotatable bonds is 6. The lowest BCUT2D eigenvalue weighted by molar-refractivity contribution is 0.346. The van der Waals surface area contributed by atoms with Crippen LogP contribution in [0, 0.1) is 5.41 Å². The standard InChI is InChI=1S/C13H29N3S.HI/c1-11(7-8-13(2,3)4)16-12(14-5)15-9-10-17-6;/h11H,7-10H2,1-6H3,(H2,14,15,16);1H.